The van der Waals surface area contributed by atoms with Crippen LogP contribution < -0.4 is 0 Å². The van der Waals surface area contributed by atoms with Crippen LogP contribution in [0.2, 0.25) is 0 Å². The van der Waals surface area contributed by atoms with Gasteiger partial charge in [-0.25, -0.2) is 0 Å². The third-order valence-corrected chi connectivity index (χ3v) is 2.06. The Morgan fingerprint density at radius 3 is 1.33 bits per heavy atom. The van der Waals surface area contributed by atoms with Gasteiger partial charge < -0.3 is 0 Å². The van der Waals surface area contributed by atoms with E-state index in [0.29, 0.717) is 5.41 Å². The van der Waals surface area contributed by atoms with Gasteiger partial charge in [-0.1, -0.05) is 61.3 Å². The van der Waals surface area contributed by atoms with Crippen molar-refractivity contribution in [2.24, 2.45) is 11.3 Å². The Morgan fingerprint density at radius 2 is 1.25 bits per heavy atom. The van der Waals surface area contributed by atoms with Gasteiger partial charge in [0.25, 0.3) is 0 Å². The van der Waals surface area contributed by atoms with E-state index in [2.05, 4.69) is 34.6 Å². The van der Waals surface area contributed by atoms with E-state index in [-0.39, 0.29) is 0 Å². The minimum absolute atomic E-state index is 0.524. The van der Waals surface area contributed by atoms with Crippen LogP contribution in [0.15, 0.2) is 0 Å². The minimum atomic E-state index is 0.524. The Morgan fingerprint density at radius 1 is 0.917 bits per heavy atom. The second kappa shape index (κ2) is 7.64. The molecular formula is C12H28. The Hall–Kier alpha value is 0. The molecule has 0 heteroatoms. The molecule has 0 aliphatic carbocycles. The summed E-state index contributed by atoms with van der Waals surface area (Å²) in [5.74, 6) is 0.944. The lowest BCUT2D eigenvalue weighted by Gasteiger charge is -2.23. The fourth-order valence-electron chi connectivity index (χ4n) is 1.44. The van der Waals surface area contributed by atoms with E-state index in [1.165, 1.54) is 19.3 Å². The van der Waals surface area contributed by atoms with Gasteiger partial charge in [-0.2, -0.15) is 0 Å². The zero-order valence-electron chi connectivity index (χ0n) is 10.2. The summed E-state index contributed by atoms with van der Waals surface area (Å²) < 4.78 is 0. The molecule has 0 saturated heterocycles. The van der Waals surface area contributed by atoms with Crippen LogP contribution >= 0.6 is 0 Å². The van der Waals surface area contributed by atoms with Crippen LogP contribution in [0.3, 0.4) is 0 Å². The highest BCUT2D eigenvalue weighted by Gasteiger charge is 2.15. The van der Waals surface area contributed by atoms with Crippen molar-refractivity contribution >= 4 is 0 Å². The van der Waals surface area contributed by atoms with Gasteiger partial charge in [-0.05, 0) is 17.8 Å². The molecule has 0 aliphatic heterocycles. The van der Waals surface area contributed by atoms with E-state index in [9.17, 15) is 0 Å². The summed E-state index contributed by atoms with van der Waals surface area (Å²) in [5, 5.41) is 0. The van der Waals surface area contributed by atoms with Crippen molar-refractivity contribution in [2.45, 2.75) is 67.7 Å². The molecule has 76 valence electrons. The van der Waals surface area contributed by atoms with Crippen molar-refractivity contribution < 1.29 is 0 Å². The summed E-state index contributed by atoms with van der Waals surface area (Å²) in [6, 6.07) is 0. The molecular weight excluding hydrogens is 144 g/mol. The SMILES string of the molecule is CC.CCC(CC)CC(C)(C)C. The van der Waals surface area contributed by atoms with Crippen LogP contribution in [0.25, 0.3) is 0 Å². The molecule has 0 bridgehead atoms. The van der Waals surface area contributed by atoms with Gasteiger partial charge in [0.15, 0.2) is 0 Å². The molecule has 12 heavy (non-hydrogen) atoms. The van der Waals surface area contributed by atoms with Crippen LogP contribution in [0.1, 0.15) is 67.7 Å². The first kappa shape index (κ1) is 14.5. The molecule has 0 rings (SSSR count). The molecule has 0 amide bonds. The average Bonchev–Trinajstić information content (AvgIpc) is 2.02. The Kier molecular flexibility index (Phi) is 9.24. The zero-order valence-corrected chi connectivity index (χ0v) is 10.2. The number of hydrogen-bond donors (Lipinski definition) is 0. The highest BCUT2D eigenvalue weighted by Crippen LogP contribution is 2.27. The van der Waals surface area contributed by atoms with Crippen molar-refractivity contribution in [2.75, 3.05) is 0 Å². The predicted molar refractivity (Wildman–Crippen MR) is 59.5 cm³/mol. The molecule has 0 aliphatic rings. The normalized spacial score (nSPS) is 11.0. The zero-order chi connectivity index (χ0) is 10.2. The Labute approximate surface area is 79.8 Å². The maximum atomic E-state index is 2.32. The summed E-state index contributed by atoms with van der Waals surface area (Å²) >= 11 is 0. The van der Waals surface area contributed by atoms with Gasteiger partial charge in [0.2, 0.25) is 0 Å². The lowest BCUT2D eigenvalue weighted by molar-refractivity contribution is 0.282. The summed E-state index contributed by atoms with van der Waals surface area (Å²) in [6.07, 6.45) is 4.06. The minimum Gasteiger partial charge on any atom is -0.0683 e. The third kappa shape index (κ3) is 10.0. The summed E-state index contributed by atoms with van der Waals surface area (Å²) in [7, 11) is 0. The molecule has 0 spiro atoms. The van der Waals surface area contributed by atoms with E-state index >= 15 is 0 Å². The molecule has 0 N–H and O–H groups in total. The predicted octanol–water partition coefficient (Wildman–Crippen LogP) is 4.89. The standard InChI is InChI=1S/C10H22.C2H6/c1-6-9(7-2)8-10(3,4)5;1-2/h9H,6-8H2,1-5H3;1-2H3. The van der Waals surface area contributed by atoms with Crippen molar-refractivity contribution in [3.8, 4) is 0 Å². The molecule has 0 aromatic carbocycles. The first-order valence-electron chi connectivity index (χ1n) is 5.49. The lowest BCUT2D eigenvalue weighted by atomic mass is 9.82. The second-order valence-corrected chi connectivity index (χ2v) is 4.45. The largest absolute Gasteiger partial charge is 0.0683 e. The molecule has 0 radical (unpaired) electrons. The lowest BCUT2D eigenvalue weighted by Crippen LogP contribution is -2.11. The molecule has 0 unspecified atom stereocenters. The summed E-state index contributed by atoms with van der Waals surface area (Å²) in [4.78, 5) is 0. The highest BCUT2D eigenvalue weighted by atomic mass is 14.2. The smallest absolute Gasteiger partial charge is 0.0380 e. The van der Waals surface area contributed by atoms with Crippen molar-refractivity contribution in [3.05, 3.63) is 0 Å². The average molecular weight is 172 g/mol. The molecule has 0 aromatic heterocycles. The fourth-order valence-corrected chi connectivity index (χ4v) is 1.44. The van der Waals surface area contributed by atoms with Crippen molar-refractivity contribution in [1.82, 2.24) is 0 Å². The van der Waals surface area contributed by atoms with E-state index in [0.717, 1.165) is 5.92 Å². The Bertz CT molecular complexity index is 72.5. The van der Waals surface area contributed by atoms with Gasteiger partial charge in [0.1, 0.15) is 0 Å². The van der Waals surface area contributed by atoms with Gasteiger partial charge in [0, 0.05) is 0 Å². The molecule has 0 atom stereocenters. The summed E-state index contributed by atoms with van der Waals surface area (Å²) in [5.41, 5.74) is 0.524. The van der Waals surface area contributed by atoms with Crippen LogP contribution in [-0.2, 0) is 0 Å². The monoisotopic (exact) mass is 172 g/mol. The molecule has 0 saturated carbocycles. The van der Waals surface area contributed by atoms with E-state index < -0.39 is 0 Å². The van der Waals surface area contributed by atoms with E-state index in [1.54, 1.807) is 0 Å². The van der Waals surface area contributed by atoms with Crippen molar-refractivity contribution in [1.29, 1.82) is 0 Å². The number of rotatable bonds is 3. The van der Waals surface area contributed by atoms with Crippen LogP contribution in [0.5, 0.6) is 0 Å². The molecule has 0 aromatic rings. The van der Waals surface area contributed by atoms with Crippen LogP contribution in [0, 0.1) is 11.3 Å². The maximum absolute atomic E-state index is 2.32. The highest BCUT2D eigenvalue weighted by molar-refractivity contribution is 4.66. The molecule has 0 nitrogen and oxygen atoms in total. The first-order chi connectivity index (χ1) is 5.49. The topological polar surface area (TPSA) is 0 Å². The molecule has 0 fully saturated rings. The summed E-state index contributed by atoms with van der Waals surface area (Å²) in [6.45, 7) is 15.6. The second-order valence-electron chi connectivity index (χ2n) is 4.45. The number of hydrogen-bond acceptors (Lipinski definition) is 0. The maximum Gasteiger partial charge on any atom is -0.0380 e. The van der Waals surface area contributed by atoms with E-state index in [1.807, 2.05) is 13.8 Å². The van der Waals surface area contributed by atoms with Gasteiger partial charge >= 0.3 is 0 Å². The molecule has 0 heterocycles. The van der Waals surface area contributed by atoms with Gasteiger partial charge in [-0.15, -0.1) is 0 Å². The quantitative estimate of drug-likeness (QED) is 0.569. The van der Waals surface area contributed by atoms with Crippen molar-refractivity contribution in [3.63, 3.8) is 0 Å². The Balaban J connectivity index is 0. The van der Waals surface area contributed by atoms with E-state index in [4.69, 9.17) is 0 Å². The van der Waals surface area contributed by atoms with Crippen LogP contribution in [-0.4, -0.2) is 0 Å². The first-order valence-corrected chi connectivity index (χ1v) is 5.49. The van der Waals surface area contributed by atoms with Gasteiger partial charge in [0.05, 0.1) is 0 Å². The fraction of sp³-hybridized carbons (Fsp3) is 1.00. The third-order valence-electron chi connectivity index (χ3n) is 2.06. The van der Waals surface area contributed by atoms with Crippen LogP contribution in [0.4, 0.5) is 0 Å². The van der Waals surface area contributed by atoms with Gasteiger partial charge in [-0.3, -0.25) is 0 Å².